The highest BCUT2D eigenvalue weighted by molar-refractivity contribution is 6.30. The first-order valence-electron chi connectivity index (χ1n) is 13.5. The van der Waals surface area contributed by atoms with Crippen molar-refractivity contribution in [3.05, 3.63) is 70.4 Å². The van der Waals surface area contributed by atoms with Gasteiger partial charge >= 0.3 is 0 Å². The fourth-order valence-electron chi connectivity index (χ4n) is 6.84. The molecule has 1 aromatic heterocycles. The number of ketones is 1. The van der Waals surface area contributed by atoms with E-state index in [1.54, 1.807) is 6.20 Å². The SMILES string of the molecule is CC(C)N1c2c(-c3ccn[nH]3)cc(C(=O)Cc3ccc(Cl)cc3)cc2C2CCC(N3CCCCC3=O)C21. The third-order valence-electron chi connectivity index (χ3n) is 8.41. The van der Waals surface area contributed by atoms with Crippen molar-refractivity contribution in [2.75, 3.05) is 11.4 Å². The number of likely N-dealkylation sites (tertiary alicyclic amines) is 1. The number of piperidine rings is 1. The van der Waals surface area contributed by atoms with Crippen LogP contribution in [0.1, 0.15) is 73.4 Å². The average molecular weight is 517 g/mol. The molecule has 1 aliphatic carbocycles. The van der Waals surface area contributed by atoms with Gasteiger partial charge in [0, 0.05) is 53.7 Å². The van der Waals surface area contributed by atoms with Gasteiger partial charge in [-0.2, -0.15) is 5.10 Å². The van der Waals surface area contributed by atoms with Crippen molar-refractivity contribution >= 4 is 29.0 Å². The maximum Gasteiger partial charge on any atom is 0.222 e. The smallest absolute Gasteiger partial charge is 0.222 e. The molecule has 1 saturated carbocycles. The standard InChI is InChI=1S/C30H33ClN4O2/c1-18(2)35-29-23(22-10-11-26(30(22)35)34-14-4-3-5-28(34)37)16-20(17-24(29)25-12-13-32-33-25)27(36)15-19-6-8-21(31)9-7-19/h6-9,12-13,16-18,22,26,30H,3-5,10-11,14-15H2,1-2H3,(H,32,33). The van der Waals surface area contributed by atoms with Gasteiger partial charge in [0.05, 0.1) is 23.5 Å². The number of Topliss-reactive ketones (excluding diaryl/α,β-unsaturated/α-hetero) is 1. The molecule has 2 aliphatic heterocycles. The maximum atomic E-state index is 13.6. The second-order valence-corrected chi connectivity index (χ2v) is 11.4. The first kappa shape index (κ1) is 24.2. The molecule has 192 valence electrons. The molecule has 2 fully saturated rings. The number of fused-ring (bicyclic) bond motifs is 3. The van der Waals surface area contributed by atoms with E-state index in [4.69, 9.17) is 11.6 Å². The van der Waals surface area contributed by atoms with Crippen LogP contribution in [0, 0.1) is 0 Å². The van der Waals surface area contributed by atoms with Crippen LogP contribution in [0.15, 0.2) is 48.7 Å². The number of H-pyrrole nitrogens is 1. The van der Waals surface area contributed by atoms with Crippen LogP contribution in [0.25, 0.3) is 11.3 Å². The van der Waals surface area contributed by atoms with Gasteiger partial charge in [-0.3, -0.25) is 14.7 Å². The number of amides is 1. The number of carbonyl (C=O) groups excluding carboxylic acids is 2. The van der Waals surface area contributed by atoms with E-state index in [2.05, 4.69) is 39.9 Å². The first-order valence-corrected chi connectivity index (χ1v) is 13.8. The number of aromatic amines is 1. The summed E-state index contributed by atoms with van der Waals surface area (Å²) in [5, 5.41) is 8.03. The molecule has 2 aromatic carbocycles. The molecule has 1 amide bonds. The number of nitrogens with one attached hydrogen (secondary N) is 1. The number of rotatable bonds is 6. The number of halogens is 1. The molecular weight excluding hydrogens is 484 g/mol. The van der Waals surface area contributed by atoms with E-state index in [0.29, 0.717) is 29.7 Å². The van der Waals surface area contributed by atoms with Crippen LogP contribution in [0.2, 0.25) is 5.02 Å². The van der Waals surface area contributed by atoms with Crippen molar-refractivity contribution in [2.45, 2.75) is 76.4 Å². The molecule has 3 aliphatic rings. The number of anilines is 1. The summed E-state index contributed by atoms with van der Waals surface area (Å²) in [6.07, 6.45) is 6.84. The van der Waals surface area contributed by atoms with Gasteiger partial charge in [-0.05, 0) is 81.0 Å². The highest BCUT2D eigenvalue weighted by atomic mass is 35.5. The molecule has 1 saturated heterocycles. The largest absolute Gasteiger partial charge is 0.363 e. The van der Waals surface area contributed by atoms with Crippen LogP contribution in [0.3, 0.4) is 0 Å². The highest BCUT2D eigenvalue weighted by Crippen LogP contribution is 2.55. The summed E-state index contributed by atoms with van der Waals surface area (Å²) in [5.41, 5.74) is 6.02. The molecule has 7 heteroatoms. The lowest BCUT2D eigenvalue weighted by Crippen LogP contribution is -2.53. The molecule has 3 aromatic rings. The van der Waals surface area contributed by atoms with E-state index in [9.17, 15) is 9.59 Å². The summed E-state index contributed by atoms with van der Waals surface area (Å²) in [4.78, 5) is 31.2. The number of benzene rings is 2. The Kier molecular flexibility index (Phi) is 6.31. The van der Waals surface area contributed by atoms with Crippen molar-refractivity contribution in [3.8, 4) is 11.3 Å². The normalized spacial score (nSPS) is 23.0. The van der Waals surface area contributed by atoms with Gasteiger partial charge in [0.15, 0.2) is 5.78 Å². The topological polar surface area (TPSA) is 69.3 Å². The molecule has 6 rings (SSSR count). The van der Waals surface area contributed by atoms with Gasteiger partial charge in [0.1, 0.15) is 0 Å². The molecule has 3 atom stereocenters. The van der Waals surface area contributed by atoms with E-state index in [1.807, 2.05) is 36.4 Å². The average Bonchev–Trinajstić information content (AvgIpc) is 3.62. The lowest BCUT2D eigenvalue weighted by atomic mass is 9.90. The van der Waals surface area contributed by atoms with Crippen molar-refractivity contribution in [3.63, 3.8) is 0 Å². The van der Waals surface area contributed by atoms with Crippen LogP contribution in [0.4, 0.5) is 5.69 Å². The van der Waals surface area contributed by atoms with E-state index in [0.717, 1.165) is 54.6 Å². The van der Waals surface area contributed by atoms with Crippen LogP contribution in [0.5, 0.6) is 0 Å². The lowest BCUT2D eigenvalue weighted by molar-refractivity contribution is -0.136. The van der Waals surface area contributed by atoms with E-state index >= 15 is 0 Å². The second-order valence-electron chi connectivity index (χ2n) is 10.9. The van der Waals surface area contributed by atoms with Crippen molar-refractivity contribution < 1.29 is 9.59 Å². The number of aromatic nitrogens is 2. The minimum Gasteiger partial charge on any atom is -0.363 e. The minimum absolute atomic E-state index is 0.0891. The van der Waals surface area contributed by atoms with Crippen molar-refractivity contribution in [2.24, 2.45) is 0 Å². The summed E-state index contributed by atoms with van der Waals surface area (Å²) in [6, 6.07) is 14.3. The Hall–Kier alpha value is -3.12. The Balaban J connectivity index is 1.43. The van der Waals surface area contributed by atoms with E-state index in [-0.39, 0.29) is 23.9 Å². The molecule has 3 unspecified atom stereocenters. The maximum absolute atomic E-state index is 13.6. The van der Waals surface area contributed by atoms with Crippen molar-refractivity contribution in [1.29, 1.82) is 0 Å². The van der Waals surface area contributed by atoms with Gasteiger partial charge in [0.2, 0.25) is 5.91 Å². The number of carbonyl (C=O) groups is 2. The molecule has 3 heterocycles. The monoisotopic (exact) mass is 516 g/mol. The Morgan fingerprint density at radius 1 is 1.14 bits per heavy atom. The summed E-state index contributed by atoms with van der Waals surface area (Å²) in [6.45, 7) is 5.32. The van der Waals surface area contributed by atoms with E-state index < -0.39 is 0 Å². The Labute approximate surface area is 223 Å². The zero-order valence-corrected chi connectivity index (χ0v) is 22.2. The van der Waals surface area contributed by atoms with Gasteiger partial charge in [-0.1, -0.05) is 23.7 Å². The zero-order chi connectivity index (χ0) is 25.7. The quantitative estimate of drug-likeness (QED) is 0.407. The van der Waals surface area contributed by atoms with E-state index in [1.165, 1.54) is 11.3 Å². The first-order chi connectivity index (χ1) is 17.9. The highest BCUT2D eigenvalue weighted by Gasteiger charge is 2.51. The van der Waals surface area contributed by atoms with Gasteiger partial charge in [-0.15, -0.1) is 0 Å². The third-order valence-corrected chi connectivity index (χ3v) is 8.66. The summed E-state index contributed by atoms with van der Waals surface area (Å²) >= 11 is 6.05. The molecule has 1 N–H and O–H groups in total. The number of nitrogens with zero attached hydrogens (tertiary/aromatic N) is 3. The van der Waals surface area contributed by atoms with Crippen molar-refractivity contribution in [1.82, 2.24) is 15.1 Å². The Bertz CT molecular complexity index is 1320. The zero-order valence-electron chi connectivity index (χ0n) is 21.4. The van der Waals surface area contributed by atoms with Crippen LogP contribution in [-0.2, 0) is 11.2 Å². The molecule has 0 radical (unpaired) electrons. The molecular formula is C30H33ClN4O2. The summed E-state index contributed by atoms with van der Waals surface area (Å²) in [5.74, 6) is 0.678. The predicted octanol–water partition coefficient (Wildman–Crippen LogP) is 6.01. The van der Waals surface area contributed by atoms with Gasteiger partial charge < -0.3 is 9.80 Å². The van der Waals surface area contributed by atoms with Crippen LogP contribution >= 0.6 is 11.6 Å². The van der Waals surface area contributed by atoms with Gasteiger partial charge in [0.25, 0.3) is 0 Å². The molecule has 0 spiro atoms. The molecule has 0 bridgehead atoms. The number of hydrogen-bond donors (Lipinski definition) is 1. The third kappa shape index (κ3) is 4.25. The molecule has 37 heavy (non-hydrogen) atoms. The lowest BCUT2D eigenvalue weighted by Gasteiger charge is -2.42. The Morgan fingerprint density at radius 2 is 1.95 bits per heavy atom. The fourth-order valence-corrected chi connectivity index (χ4v) is 6.96. The fraction of sp³-hybridized carbons (Fsp3) is 0.433. The van der Waals surface area contributed by atoms with Crippen LogP contribution in [-0.4, -0.2) is 51.5 Å². The van der Waals surface area contributed by atoms with Gasteiger partial charge in [-0.25, -0.2) is 0 Å². The predicted molar refractivity (Wildman–Crippen MR) is 146 cm³/mol. The minimum atomic E-state index is 0.0891. The van der Waals surface area contributed by atoms with Crippen LogP contribution < -0.4 is 4.90 Å². The second kappa shape index (κ2) is 9.64. The number of hydrogen-bond acceptors (Lipinski definition) is 4. The summed E-state index contributed by atoms with van der Waals surface area (Å²) in [7, 11) is 0. The molecule has 6 nitrogen and oxygen atoms in total. The Morgan fingerprint density at radius 3 is 2.65 bits per heavy atom. The summed E-state index contributed by atoms with van der Waals surface area (Å²) < 4.78 is 0.